The van der Waals surface area contributed by atoms with Gasteiger partial charge in [0.2, 0.25) is 0 Å². The van der Waals surface area contributed by atoms with Gasteiger partial charge < -0.3 is 15.0 Å². The summed E-state index contributed by atoms with van der Waals surface area (Å²) in [6.45, 7) is 7.57. The quantitative estimate of drug-likeness (QED) is 0.458. The summed E-state index contributed by atoms with van der Waals surface area (Å²) >= 11 is 0. The van der Waals surface area contributed by atoms with Crippen LogP contribution >= 0.6 is 0 Å². The standard InChI is InChI=1S/C24H32N2O3/c1-3-26(14-12-19-8-6-7-18(2)15-19)13-5-4-9-22(27)20-10-11-23-21(16-20)25-24(28)17-29-23/h8,10-11,15-16H,3-7,9,12-14,17H2,1-2H3,(H,25,28). The van der Waals surface area contributed by atoms with E-state index < -0.39 is 0 Å². The SMILES string of the molecule is CCN(CCCCC(=O)c1ccc2c(c1)NC(=O)CO2)CCC1=CCCC(C)=C1. The van der Waals surface area contributed by atoms with Crippen LogP contribution < -0.4 is 10.1 Å². The van der Waals surface area contributed by atoms with Crippen LogP contribution in [0.3, 0.4) is 0 Å². The van der Waals surface area contributed by atoms with Crippen molar-refractivity contribution in [3.8, 4) is 5.75 Å². The lowest BCUT2D eigenvalue weighted by Crippen LogP contribution is -2.26. The van der Waals surface area contributed by atoms with Gasteiger partial charge in [-0.05, 0) is 70.3 Å². The molecule has 1 aromatic carbocycles. The number of unbranched alkanes of at least 4 members (excludes halogenated alkanes) is 1. The van der Waals surface area contributed by atoms with Crippen molar-refractivity contribution >= 4 is 17.4 Å². The Hall–Kier alpha value is -2.40. The van der Waals surface area contributed by atoms with E-state index in [4.69, 9.17) is 4.74 Å². The minimum Gasteiger partial charge on any atom is -0.482 e. The highest BCUT2D eigenvalue weighted by Gasteiger charge is 2.17. The normalized spacial score (nSPS) is 15.9. The Morgan fingerprint density at radius 2 is 2.10 bits per heavy atom. The topological polar surface area (TPSA) is 58.6 Å². The molecule has 1 heterocycles. The molecule has 0 spiro atoms. The first-order valence-corrected chi connectivity index (χ1v) is 10.7. The molecule has 1 N–H and O–H groups in total. The van der Waals surface area contributed by atoms with Crippen LogP contribution in [-0.2, 0) is 4.79 Å². The number of nitrogens with one attached hydrogen (secondary N) is 1. The molecule has 1 amide bonds. The van der Waals surface area contributed by atoms with Gasteiger partial charge >= 0.3 is 0 Å². The zero-order valence-corrected chi connectivity index (χ0v) is 17.6. The van der Waals surface area contributed by atoms with E-state index in [1.807, 2.05) is 0 Å². The summed E-state index contributed by atoms with van der Waals surface area (Å²) in [4.78, 5) is 26.4. The van der Waals surface area contributed by atoms with Gasteiger partial charge in [0, 0.05) is 18.5 Å². The summed E-state index contributed by atoms with van der Waals surface area (Å²) < 4.78 is 5.34. The fraction of sp³-hybridized carbons (Fsp3) is 0.500. The van der Waals surface area contributed by atoms with Crippen LogP contribution in [0.15, 0.2) is 41.5 Å². The van der Waals surface area contributed by atoms with Crippen LogP contribution in [0.1, 0.15) is 62.7 Å². The number of rotatable bonds is 10. The van der Waals surface area contributed by atoms with Gasteiger partial charge in [0.15, 0.2) is 12.4 Å². The molecule has 1 aliphatic heterocycles. The van der Waals surface area contributed by atoms with Gasteiger partial charge in [-0.1, -0.05) is 30.2 Å². The predicted octanol–water partition coefficient (Wildman–Crippen LogP) is 4.75. The van der Waals surface area contributed by atoms with E-state index in [1.165, 1.54) is 24.0 Å². The van der Waals surface area contributed by atoms with Gasteiger partial charge in [-0.25, -0.2) is 0 Å². The zero-order chi connectivity index (χ0) is 20.6. The highest BCUT2D eigenvalue weighted by Crippen LogP contribution is 2.29. The molecule has 0 aromatic heterocycles. The number of fused-ring (bicyclic) bond motifs is 1. The third-order valence-corrected chi connectivity index (χ3v) is 5.60. The number of amides is 1. The first-order chi connectivity index (χ1) is 14.0. The summed E-state index contributed by atoms with van der Waals surface area (Å²) in [5.41, 5.74) is 4.17. The number of nitrogens with zero attached hydrogens (tertiary/aromatic N) is 1. The van der Waals surface area contributed by atoms with Crippen molar-refractivity contribution in [3.05, 3.63) is 47.1 Å². The number of hydrogen-bond donors (Lipinski definition) is 1. The molecule has 2 aliphatic rings. The van der Waals surface area contributed by atoms with Crippen molar-refractivity contribution in [1.82, 2.24) is 4.90 Å². The maximum atomic E-state index is 12.5. The van der Waals surface area contributed by atoms with Gasteiger partial charge in [-0.3, -0.25) is 9.59 Å². The van der Waals surface area contributed by atoms with Crippen molar-refractivity contribution in [3.63, 3.8) is 0 Å². The summed E-state index contributed by atoms with van der Waals surface area (Å²) in [6, 6.07) is 5.27. The first-order valence-electron chi connectivity index (χ1n) is 10.7. The Bertz CT molecular complexity index is 810. The minimum absolute atomic E-state index is 0.0292. The average Bonchev–Trinajstić information content (AvgIpc) is 2.72. The number of ether oxygens (including phenoxy) is 1. The van der Waals surface area contributed by atoms with Crippen molar-refractivity contribution in [2.24, 2.45) is 0 Å². The van der Waals surface area contributed by atoms with Crippen molar-refractivity contribution in [2.75, 3.05) is 31.6 Å². The molecule has 5 nitrogen and oxygen atoms in total. The van der Waals surface area contributed by atoms with Gasteiger partial charge in [-0.15, -0.1) is 0 Å². The smallest absolute Gasteiger partial charge is 0.262 e. The summed E-state index contributed by atoms with van der Waals surface area (Å²) in [7, 11) is 0. The second-order valence-corrected chi connectivity index (χ2v) is 7.92. The van der Waals surface area contributed by atoms with Crippen LogP contribution in [0.2, 0.25) is 0 Å². The van der Waals surface area contributed by atoms with Crippen molar-refractivity contribution in [1.29, 1.82) is 0 Å². The number of carbonyl (C=O) groups is 2. The van der Waals surface area contributed by atoms with Crippen LogP contribution in [0.5, 0.6) is 5.75 Å². The van der Waals surface area contributed by atoms with Gasteiger partial charge in [0.25, 0.3) is 5.91 Å². The molecule has 156 valence electrons. The maximum absolute atomic E-state index is 12.5. The third-order valence-electron chi connectivity index (χ3n) is 5.60. The highest BCUT2D eigenvalue weighted by molar-refractivity contribution is 6.00. The second kappa shape index (κ2) is 10.4. The van der Waals surface area contributed by atoms with Crippen LogP contribution in [0.25, 0.3) is 0 Å². The van der Waals surface area contributed by atoms with Crippen molar-refractivity contribution in [2.45, 2.75) is 52.4 Å². The fourth-order valence-corrected chi connectivity index (χ4v) is 3.84. The summed E-state index contributed by atoms with van der Waals surface area (Å²) in [5, 5.41) is 2.76. The predicted molar refractivity (Wildman–Crippen MR) is 117 cm³/mol. The third kappa shape index (κ3) is 6.29. The Balaban J connectivity index is 1.40. The average molecular weight is 397 g/mol. The lowest BCUT2D eigenvalue weighted by Gasteiger charge is -2.21. The number of ketones is 1. The van der Waals surface area contributed by atoms with E-state index in [1.54, 1.807) is 18.2 Å². The van der Waals surface area contributed by atoms with Gasteiger partial charge in [0.1, 0.15) is 5.75 Å². The molecule has 29 heavy (non-hydrogen) atoms. The number of carbonyl (C=O) groups excluding carboxylic acids is 2. The minimum atomic E-state index is -0.184. The van der Waals surface area contributed by atoms with Gasteiger partial charge in [-0.2, -0.15) is 0 Å². The zero-order valence-electron chi connectivity index (χ0n) is 17.6. The van der Waals surface area contributed by atoms with E-state index in [0.29, 0.717) is 23.4 Å². The van der Waals surface area contributed by atoms with E-state index in [2.05, 4.69) is 36.2 Å². The molecular formula is C24H32N2O3. The molecule has 1 aromatic rings. The molecule has 0 saturated heterocycles. The van der Waals surface area contributed by atoms with E-state index >= 15 is 0 Å². The van der Waals surface area contributed by atoms with Crippen LogP contribution in [0.4, 0.5) is 5.69 Å². The molecule has 0 saturated carbocycles. The summed E-state index contributed by atoms with van der Waals surface area (Å²) in [5.74, 6) is 0.554. The van der Waals surface area contributed by atoms with Gasteiger partial charge in [0.05, 0.1) is 5.69 Å². The lowest BCUT2D eigenvalue weighted by atomic mass is 9.98. The molecule has 0 atom stereocenters. The van der Waals surface area contributed by atoms with Crippen molar-refractivity contribution < 1.29 is 14.3 Å². The molecule has 0 bridgehead atoms. The summed E-state index contributed by atoms with van der Waals surface area (Å²) in [6.07, 6.45) is 10.6. The molecule has 0 fully saturated rings. The van der Waals surface area contributed by atoms with E-state index in [0.717, 1.165) is 38.9 Å². The Labute approximate surface area is 173 Å². The number of anilines is 1. The van der Waals surface area contributed by atoms with Crippen LogP contribution in [-0.4, -0.2) is 42.8 Å². The molecule has 0 unspecified atom stereocenters. The monoisotopic (exact) mass is 396 g/mol. The Morgan fingerprint density at radius 1 is 1.24 bits per heavy atom. The molecule has 5 heteroatoms. The van der Waals surface area contributed by atoms with E-state index in [-0.39, 0.29) is 18.3 Å². The molecular weight excluding hydrogens is 364 g/mol. The number of allylic oxidation sites excluding steroid dienone is 3. The largest absolute Gasteiger partial charge is 0.482 e. The van der Waals surface area contributed by atoms with Crippen LogP contribution in [0, 0.1) is 0 Å². The van der Waals surface area contributed by atoms with E-state index in [9.17, 15) is 9.59 Å². The maximum Gasteiger partial charge on any atom is 0.262 e. The Morgan fingerprint density at radius 3 is 2.90 bits per heavy atom. The second-order valence-electron chi connectivity index (χ2n) is 7.92. The Kier molecular flexibility index (Phi) is 7.64. The number of benzene rings is 1. The highest BCUT2D eigenvalue weighted by atomic mass is 16.5. The fourth-order valence-electron chi connectivity index (χ4n) is 3.84. The molecule has 1 aliphatic carbocycles. The number of Topliss-reactive ketones (excluding diaryl/α,β-unsaturated/α-hetero) is 1. The molecule has 3 rings (SSSR count). The number of hydrogen-bond acceptors (Lipinski definition) is 4. The lowest BCUT2D eigenvalue weighted by molar-refractivity contribution is -0.118. The molecule has 0 radical (unpaired) electrons. The first kappa shape index (κ1) is 21.3.